The van der Waals surface area contributed by atoms with E-state index in [2.05, 4.69) is 5.32 Å². The van der Waals surface area contributed by atoms with Crippen molar-refractivity contribution in [2.75, 3.05) is 5.32 Å². The maximum absolute atomic E-state index is 12.3. The van der Waals surface area contributed by atoms with Crippen LogP contribution in [-0.4, -0.2) is 18.0 Å². The molecule has 0 aliphatic rings. The van der Waals surface area contributed by atoms with Crippen molar-refractivity contribution < 1.29 is 18.7 Å². The van der Waals surface area contributed by atoms with Crippen LogP contribution in [0.25, 0.3) is 11.0 Å². The maximum atomic E-state index is 12.3. The molecule has 1 atom stereocenters. The average Bonchev–Trinajstić information content (AvgIpc) is 2.63. The van der Waals surface area contributed by atoms with Gasteiger partial charge in [-0.3, -0.25) is 4.79 Å². The Hall–Kier alpha value is -2.83. The van der Waals surface area contributed by atoms with Crippen LogP contribution in [0.5, 0.6) is 0 Å². The van der Waals surface area contributed by atoms with Crippen LogP contribution < -0.4 is 10.9 Å². The Balaban J connectivity index is 1.74. The number of esters is 1. The van der Waals surface area contributed by atoms with Gasteiger partial charge in [0, 0.05) is 10.4 Å². The predicted octanol–water partition coefficient (Wildman–Crippen LogP) is 4.28. The van der Waals surface area contributed by atoms with Gasteiger partial charge < -0.3 is 14.5 Å². The van der Waals surface area contributed by atoms with Crippen LogP contribution >= 0.6 is 23.2 Å². The lowest BCUT2D eigenvalue weighted by molar-refractivity contribution is -0.123. The molecular weight excluding hydrogens is 393 g/mol. The lowest BCUT2D eigenvalue weighted by Crippen LogP contribution is -2.31. The molecule has 138 valence electrons. The van der Waals surface area contributed by atoms with Crippen LogP contribution in [-0.2, 0) is 9.53 Å². The van der Waals surface area contributed by atoms with Crippen molar-refractivity contribution >= 4 is 51.7 Å². The van der Waals surface area contributed by atoms with Crippen molar-refractivity contribution in [2.24, 2.45) is 0 Å². The van der Waals surface area contributed by atoms with Crippen molar-refractivity contribution in [3.8, 4) is 0 Å². The molecule has 1 heterocycles. The third-order valence-corrected chi connectivity index (χ3v) is 4.25. The highest BCUT2D eigenvalue weighted by Crippen LogP contribution is 2.25. The Morgan fingerprint density at radius 1 is 1.11 bits per heavy atom. The summed E-state index contributed by atoms with van der Waals surface area (Å²) in [6.07, 6.45) is -1.17. The van der Waals surface area contributed by atoms with E-state index in [1.165, 1.54) is 25.1 Å². The third-order valence-electron chi connectivity index (χ3n) is 3.70. The number of hydrogen-bond donors (Lipinski definition) is 1. The van der Waals surface area contributed by atoms with Gasteiger partial charge >= 0.3 is 11.6 Å². The van der Waals surface area contributed by atoms with Crippen LogP contribution in [0.1, 0.15) is 17.3 Å². The molecular formula is C19H13Cl2NO5. The second-order valence-corrected chi connectivity index (χ2v) is 6.49. The Morgan fingerprint density at radius 3 is 2.59 bits per heavy atom. The van der Waals surface area contributed by atoms with E-state index in [4.69, 9.17) is 32.4 Å². The van der Waals surface area contributed by atoms with Crippen molar-refractivity contribution in [3.63, 3.8) is 0 Å². The highest BCUT2D eigenvalue weighted by atomic mass is 35.5. The quantitative estimate of drug-likeness (QED) is 0.516. The molecule has 1 N–H and O–H groups in total. The summed E-state index contributed by atoms with van der Waals surface area (Å²) in [6, 6.07) is 12.7. The summed E-state index contributed by atoms with van der Waals surface area (Å²) in [5, 5.41) is 3.75. The maximum Gasteiger partial charge on any atom is 0.351 e. The second kappa shape index (κ2) is 7.82. The summed E-state index contributed by atoms with van der Waals surface area (Å²) < 4.78 is 10.2. The van der Waals surface area contributed by atoms with E-state index >= 15 is 0 Å². The summed E-state index contributed by atoms with van der Waals surface area (Å²) >= 11 is 11.8. The number of carbonyl (C=O) groups excluding carboxylic acids is 2. The molecule has 0 bridgehead atoms. The van der Waals surface area contributed by atoms with E-state index in [-0.39, 0.29) is 10.6 Å². The first-order valence-electron chi connectivity index (χ1n) is 7.85. The Morgan fingerprint density at radius 2 is 1.85 bits per heavy atom. The first-order chi connectivity index (χ1) is 12.8. The summed E-state index contributed by atoms with van der Waals surface area (Å²) in [7, 11) is 0. The van der Waals surface area contributed by atoms with Gasteiger partial charge in [0.1, 0.15) is 11.1 Å². The smallest absolute Gasteiger partial charge is 0.351 e. The SMILES string of the molecule is C[C@H](OC(=O)c1cc2ccccc2oc1=O)C(=O)Nc1ccc(Cl)cc1Cl. The Bertz CT molecular complexity index is 1090. The number of benzene rings is 2. The summed E-state index contributed by atoms with van der Waals surface area (Å²) in [4.78, 5) is 36.5. The van der Waals surface area contributed by atoms with E-state index in [0.29, 0.717) is 21.7 Å². The van der Waals surface area contributed by atoms with E-state index in [0.717, 1.165) is 0 Å². The molecule has 2 aromatic carbocycles. The number of rotatable bonds is 4. The minimum Gasteiger partial charge on any atom is -0.449 e. The lowest BCUT2D eigenvalue weighted by atomic mass is 10.2. The first kappa shape index (κ1) is 18.9. The fourth-order valence-corrected chi connectivity index (χ4v) is 2.76. The molecule has 0 saturated heterocycles. The number of nitrogens with one attached hydrogen (secondary N) is 1. The molecule has 8 heteroatoms. The summed E-state index contributed by atoms with van der Waals surface area (Å²) in [5.74, 6) is -1.57. The number of fused-ring (bicyclic) bond motifs is 1. The van der Waals surface area contributed by atoms with Gasteiger partial charge in [0.15, 0.2) is 6.10 Å². The van der Waals surface area contributed by atoms with E-state index in [9.17, 15) is 14.4 Å². The monoisotopic (exact) mass is 405 g/mol. The summed E-state index contributed by atoms with van der Waals surface area (Å²) in [6.45, 7) is 1.37. The largest absolute Gasteiger partial charge is 0.449 e. The molecule has 27 heavy (non-hydrogen) atoms. The van der Waals surface area contributed by atoms with Gasteiger partial charge in [-0.2, -0.15) is 0 Å². The van der Waals surface area contributed by atoms with E-state index < -0.39 is 23.6 Å². The van der Waals surface area contributed by atoms with Crippen molar-refractivity contribution in [1.29, 1.82) is 0 Å². The topological polar surface area (TPSA) is 85.6 Å². The van der Waals surface area contributed by atoms with E-state index in [1.807, 2.05) is 0 Å². The fourth-order valence-electron chi connectivity index (χ4n) is 2.31. The average molecular weight is 406 g/mol. The van der Waals surface area contributed by atoms with Crippen molar-refractivity contribution in [2.45, 2.75) is 13.0 Å². The molecule has 1 amide bonds. The van der Waals surface area contributed by atoms with Crippen LogP contribution in [0.4, 0.5) is 5.69 Å². The molecule has 0 saturated carbocycles. The van der Waals surface area contributed by atoms with Gasteiger partial charge in [-0.25, -0.2) is 9.59 Å². The van der Waals surface area contributed by atoms with Crippen molar-refractivity contribution in [1.82, 2.24) is 0 Å². The summed E-state index contributed by atoms with van der Waals surface area (Å²) in [5.41, 5.74) is -0.466. The number of halogens is 2. The van der Waals surface area contributed by atoms with Gasteiger partial charge in [-0.05, 0) is 37.3 Å². The molecule has 3 aromatic rings. The fraction of sp³-hybridized carbons (Fsp3) is 0.105. The van der Waals surface area contributed by atoms with Gasteiger partial charge in [-0.15, -0.1) is 0 Å². The molecule has 6 nitrogen and oxygen atoms in total. The Labute approximate surface area is 163 Å². The second-order valence-electron chi connectivity index (χ2n) is 5.65. The minimum absolute atomic E-state index is 0.240. The third kappa shape index (κ3) is 4.30. The van der Waals surface area contributed by atoms with Gasteiger partial charge in [0.05, 0.1) is 10.7 Å². The van der Waals surface area contributed by atoms with Crippen LogP contribution in [0.3, 0.4) is 0 Å². The highest BCUT2D eigenvalue weighted by molar-refractivity contribution is 6.36. The molecule has 0 fully saturated rings. The molecule has 0 aliphatic heterocycles. The van der Waals surface area contributed by atoms with Gasteiger partial charge in [0.25, 0.3) is 5.91 Å². The number of amides is 1. The van der Waals surface area contributed by atoms with E-state index in [1.54, 1.807) is 30.3 Å². The number of ether oxygens (including phenoxy) is 1. The number of carbonyl (C=O) groups is 2. The molecule has 3 rings (SSSR count). The van der Waals surface area contributed by atoms with Gasteiger partial charge in [-0.1, -0.05) is 41.4 Å². The van der Waals surface area contributed by atoms with Crippen LogP contribution in [0, 0.1) is 0 Å². The van der Waals surface area contributed by atoms with Gasteiger partial charge in [0.2, 0.25) is 0 Å². The zero-order chi connectivity index (χ0) is 19.6. The predicted molar refractivity (Wildman–Crippen MR) is 102 cm³/mol. The van der Waals surface area contributed by atoms with Crippen LogP contribution in [0.2, 0.25) is 10.0 Å². The molecule has 0 radical (unpaired) electrons. The molecule has 0 spiro atoms. The zero-order valence-electron chi connectivity index (χ0n) is 14.0. The number of hydrogen-bond acceptors (Lipinski definition) is 5. The Kier molecular flexibility index (Phi) is 5.48. The molecule has 0 aliphatic carbocycles. The van der Waals surface area contributed by atoms with Crippen LogP contribution in [0.15, 0.2) is 57.7 Å². The highest BCUT2D eigenvalue weighted by Gasteiger charge is 2.22. The molecule has 1 aromatic heterocycles. The van der Waals surface area contributed by atoms with Crippen molar-refractivity contribution in [3.05, 3.63) is 74.6 Å². The zero-order valence-corrected chi connectivity index (χ0v) is 15.5. The molecule has 0 unspecified atom stereocenters. The normalized spacial score (nSPS) is 11.8. The first-order valence-corrected chi connectivity index (χ1v) is 8.60. The number of anilines is 1. The lowest BCUT2D eigenvalue weighted by Gasteiger charge is -2.14. The number of para-hydroxylation sites is 1. The minimum atomic E-state index is -1.17. The standard InChI is InChI=1S/C19H13Cl2NO5/c1-10(17(23)22-15-7-6-12(20)9-14(15)21)26-18(24)13-8-11-4-2-3-5-16(11)27-19(13)25/h2-10H,1H3,(H,22,23)/t10-/m0/s1.